The number of ether oxygens (including phenoxy) is 1. The molecule has 3 rings (SSSR count). The zero-order valence-electron chi connectivity index (χ0n) is 16.8. The molecule has 3 unspecified atom stereocenters. The van der Waals surface area contributed by atoms with Gasteiger partial charge in [0.2, 0.25) is 0 Å². The Kier molecular flexibility index (Phi) is 6.63. The minimum absolute atomic E-state index is 0.0442. The summed E-state index contributed by atoms with van der Waals surface area (Å²) in [7, 11) is 1.86. The lowest BCUT2D eigenvalue weighted by Crippen LogP contribution is -2.65. The molecule has 1 heterocycles. The highest BCUT2D eigenvalue weighted by atomic mass is 16.5. The summed E-state index contributed by atoms with van der Waals surface area (Å²) in [5.74, 6) is -0.799. The maximum atomic E-state index is 12.9. The van der Waals surface area contributed by atoms with Crippen LogP contribution >= 0.6 is 0 Å². The number of likely N-dealkylation sites (N-methyl/N-ethyl adjacent to an activating group) is 1. The van der Waals surface area contributed by atoms with Gasteiger partial charge in [-0.15, -0.1) is 0 Å². The van der Waals surface area contributed by atoms with Gasteiger partial charge in [0.05, 0.1) is 12.6 Å². The van der Waals surface area contributed by atoms with Crippen LogP contribution in [0.3, 0.4) is 0 Å². The molecule has 0 aromatic rings. The van der Waals surface area contributed by atoms with Crippen molar-refractivity contribution < 1.29 is 19.4 Å². The van der Waals surface area contributed by atoms with Crippen molar-refractivity contribution in [2.45, 2.75) is 76.5 Å². The average Bonchev–Trinajstić information content (AvgIpc) is 3.02. The number of hydrogen-bond acceptors (Lipinski definition) is 4. The molecule has 1 spiro atoms. The third kappa shape index (κ3) is 4.40. The van der Waals surface area contributed by atoms with E-state index in [1.54, 1.807) is 0 Å². The second-order valence-corrected chi connectivity index (χ2v) is 8.50. The molecule has 0 bridgehead atoms. The van der Waals surface area contributed by atoms with Gasteiger partial charge in [-0.3, -0.25) is 9.69 Å². The van der Waals surface area contributed by atoms with Gasteiger partial charge in [0.25, 0.3) is 0 Å². The van der Waals surface area contributed by atoms with E-state index in [0.29, 0.717) is 12.6 Å². The van der Waals surface area contributed by atoms with E-state index < -0.39 is 5.97 Å². The summed E-state index contributed by atoms with van der Waals surface area (Å²) in [6.45, 7) is 4.28. The first-order valence-corrected chi connectivity index (χ1v) is 10.6. The predicted octanol–water partition coefficient (Wildman–Crippen LogP) is 2.30. The third-order valence-corrected chi connectivity index (χ3v) is 6.98. The molecular weight excluding hydrogens is 346 g/mol. The minimum Gasteiger partial charge on any atom is -0.480 e. The second kappa shape index (κ2) is 8.78. The highest BCUT2D eigenvalue weighted by molar-refractivity contribution is 5.75. The first-order valence-electron chi connectivity index (χ1n) is 10.6. The fourth-order valence-corrected chi connectivity index (χ4v) is 5.39. The van der Waals surface area contributed by atoms with Crippen LogP contribution in [0.4, 0.5) is 4.79 Å². The van der Waals surface area contributed by atoms with Gasteiger partial charge in [-0.25, -0.2) is 4.79 Å². The van der Waals surface area contributed by atoms with Crippen LogP contribution in [0.15, 0.2) is 0 Å². The SMILES string of the molecule is CCOC1CC(NC(=O)N2CCCC(N(C)CC(=O)O)CC2)C12CCCC2. The van der Waals surface area contributed by atoms with E-state index in [-0.39, 0.29) is 30.1 Å². The molecule has 0 aromatic heterocycles. The van der Waals surface area contributed by atoms with Gasteiger partial charge >= 0.3 is 12.0 Å². The molecule has 7 heteroatoms. The number of carbonyl (C=O) groups is 2. The van der Waals surface area contributed by atoms with Crippen LogP contribution < -0.4 is 5.32 Å². The predicted molar refractivity (Wildman–Crippen MR) is 103 cm³/mol. The smallest absolute Gasteiger partial charge is 0.317 e. The minimum atomic E-state index is -0.799. The van der Waals surface area contributed by atoms with Crippen molar-refractivity contribution >= 4 is 12.0 Å². The maximum Gasteiger partial charge on any atom is 0.317 e. The summed E-state index contributed by atoms with van der Waals surface area (Å²) in [6.07, 6.45) is 8.69. The number of rotatable bonds is 6. The van der Waals surface area contributed by atoms with E-state index in [4.69, 9.17) is 9.84 Å². The Hall–Kier alpha value is -1.34. The highest BCUT2D eigenvalue weighted by Crippen LogP contribution is 2.54. The number of amides is 2. The van der Waals surface area contributed by atoms with Crippen LogP contribution in [0.2, 0.25) is 0 Å². The van der Waals surface area contributed by atoms with Crippen molar-refractivity contribution in [3.63, 3.8) is 0 Å². The molecule has 3 aliphatic rings. The van der Waals surface area contributed by atoms with Crippen LogP contribution in [0.5, 0.6) is 0 Å². The number of nitrogens with one attached hydrogen (secondary N) is 1. The van der Waals surface area contributed by atoms with E-state index in [1.165, 1.54) is 12.8 Å². The number of likely N-dealkylation sites (tertiary alicyclic amines) is 1. The first-order chi connectivity index (χ1) is 13.0. The summed E-state index contributed by atoms with van der Waals surface area (Å²) in [5.41, 5.74) is 0.155. The fourth-order valence-electron chi connectivity index (χ4n) is 5.39. The molecule has 154 valence electrons. The highest BCUT2D eigenvalue weighted by Gasteiger charge is 2.57. The zero-order chi connectivity index (χ0) is 19.4. The second-order valence-electron chi connectivity index (χ2n) is 8.50. The number of hydrogen-bond donors (Lipinski definition) is 2. The molecule has 2 saturated carbocycles. The van der Waals surface area contributed by atoms with E-state index in [9.17, 15) is 9.59 Å². The molecule has 1 aliphatic heterocycles. The average molecular weight is 382 g/mol. The fraction of sp³-hybridized carbons (Fsp3) is 0.900. The summed E-state index contributed by atoms with van der Waals surface area (Å²) < 4.78 is 5.95. The summed E-state index contributed by atoms with van der Waals surface area (Å²) >= 11 is 0. The number of aliphatic carboxylic acids is 1. The molecular formula is C20H35N3O4. The molecule has 0 radical (unpaired) electrons. The molecule has 7 nitrogen and oxygen atoms in total. The van der Waals surface area contributed by atoms with Crippen molar-refractivity contribution in [3.8, 4) is 0 Å². The van der Waals surface area contributed by atoms with Gasteiger partial charge in [-0.05, 0) is 52.5 Å². The van der Waals surface area contributed by atoms with E-state index in [0.717, 1.165) is 51.7 Å². The number of carboxylic acids is 1. The Morgan fingerprint density at radius 1 is 1.22 bits per heavy atom. The van der Waals surface area contributed by atoms with Crippen LogP contribution in [0, 0.1) is 5.41 Å². The van der Waals surface area contributed by atoms with Gasteiger partial charge in [-0.1, -0.05) is 12.8 Å². The zero-order valence-corrected chi connectivity index (χ0v) is 16.8. The van der Waals surface area contributed by atoms with Gasteiger partial charge in [0.15, 0.2) is 0 Å². The van der Waals surface area contributed by atoms with Gasteiger partial charge in [0.1, 0.15) is 0 Å². The van der Waals surface area contributed by atoms with Crippen molar-refractivity contribution in [2.75, 3.05) is 33.3 Å². The number of carboxylic acid groups (broad SMARTS) is 1. The Bertz CT molecular complexity index is 535. The molecule has 0 aromatic carbocycles. The quantitative estimate of drug-likeness (QED) is 0.738. The van der Waals surface area contributed by atoms with E-state index in [2.05, 4.69) is 5.32 Å². The molecule has 3 fully saturated rings. The van der Waals surface area contributed by atoms with E-state index >= 15 is 0 Å². The summed E-state index contributed by atoms with van der Waals surface area (Å²) in [4.78, 5) is 27.6. The van der Waals surface area contributed by atoms with Crippen LogP contribution in [-0.4, -0.2) is 78.4 Å². The number of urea groups is 1. The molecule has 2 aliphatic carbocycles. The molecule has 2 amide bonds. The Morgan fingerprint density at radius 2 is 1.96 bits per heavy atom. The van der Waals surface area contributed by atoms with Crippen molar-refractivity contribution in [1.29, 1.82) is 0 Å². The summed E-state index contributed by atoms with van der Waals surface area (Å²) in [5, 5.41) is 12.3. The Morgan fingerprint density at radius 3 is 2.63 bits per heavy atom. The summed E-state index contributed by atoms with van der Waals surface area (Å²) in [6, 6.07) is 0.506. The largest absolute Gasteiger partial charge is 0.480 e. The van der Waals surface area contributed by atoms with Gasteiger partial charge < -0.3 is 20.1 Å². The first kappa shape index (κ1) is 20.4. The van der Waals surface area contributed by atoms with E-state index in [1.807, 2.05) is 23.8 Å². The lowest BCUT2D eigenvalue weighted by Gasteiger charge is -2.54. The lowest BCUT2D eigenvalue weighted by molar-refractivity contribution is -0.138. The normalized spacial score (nSPS) is 30.2. The molecule has 27 heavy (non-hydrogen) atoms. The van der Waals surface area contributed by atoms with Crippen LogP contribution in [-0.2, 0) is 9.53 Å². The van der Waals surface area contributed by atoms with Gasteiger partial charge in [0, 0.05) is 37.2 Å². The monoisotopic (exact) mass is 381 g/mol. The van der Waals surface area contributed by atoms with Crippen molar-refractivity contribution in [3.05, 3.63) is 0 Å². The van der Waals surface area contributed by atoms with Crippen molar-refractivity contribution in [1.82, 2.24) is 15.1 Å². The van der Waals surface area contributed by atoms with Gasteiger partial charge in [-0.2, -0.15) is 0 Å². The van der Waals surface area contributed by atoms with Crippen LogP contribution in [0.25, 0.3) is 0 Å². The van der Waals surface area contributed by atoms with Crippen LogP contribution in [0.1, 0.15) is 58.3 Å². The topological polar surface area (TPSA) is 82.1 Å². The maximum absolute atomic E-state index is 12.9. The molecule has 1 saturated heterocycles. The Labute approximate surface area is 162 Å². The van der Waals surface area contributed by atoms with Crippen molar-refractivity contribution in [2.24, 2.45) is 5.41 Å². The standard InChI is InChI=1S/C20H35N3O4/c1-3-27-17-13-16(20(17)9-4-5-10-20)21-19(26)23-11-6-7-15(8-12-23)22(2)14-18(24)25/h15-17H,3-14H2,1-2H3,(H,21,26)(H,24,25). The Balaban J connectivity index is 1.52. The number of carbonyl (C=O) groups excluding carboxylic acids is 1. The number of nitrogens with zero attached hydrogens (tertiary/aromatic N) is 2. The third-order valence-electron chi connectivity index (χ3n) is 6.98. The molecule has 2 N–H and O–H groups in total. The lowest BCUT2D eigenvalue weighted by atomic mass is 9.60. The molecule has 3 atom stereocenters.